The van der Waals surface area contributed by atoms with Crippen LogP contribution in [0.1, 0.15) is 23.7 Å². The van der Waals surface area contributed by atoms with E-state index in [4.69, 9.17) is 10.8 Å². The summed E-state index contributed by atoms with van der Waals surface area (Å²) >= 11 is 0. The van der Waals surface area contributed by atoms with E-state index in [1.807, 2.05) is 0 Å². The molecule has 1 unspecified atom stereocenters. The molecule has 0 bridgehead atoms. The number of rotatable bonds is 4. The number of carboxylic acid groups (broad SMARTS) is 1. The van der Waals surface area contributed by atoms with Crippen LogP contribution in [0.2, 0.25) is 0 Å². The molecule has 0 spiro atoms. The van der Waals surface area contributed by atoms with E-state index in [2.05, 4.69) is 4.98 Å². The number of hydrogen-bond donors (Lipinski definition) is 2. The maximum atomic E-state index is 14.4. The second-order valence-corrected chi connectivity index (χ2v) is 5.50. The summed E-state index contributed by atoms with van der Waals surface area (Å²) in [6.45, 7) is 3.26. The van der Waals surface area contributed by atoms with Crippen LogP contribution < -0.4 is 16.1 Å². The predicted molar refractivity (Wildman–Crippen MR) is 83.4 cm³/mol. The fourth-order valence-corrected chi connectivity index (χ4v) is 2.84. The van der Waals surface area contributed by atoms with Crippen LogP contribution >= 0.6 is 0 Å². The van der Waals surface area contributed by atoms with E-state index in [0.717, 1.165) is 12.5 Å². The molecule has 1 fully saturated rings. The van der Waals surface area contributed by atoms with Gasteiger partial charge in [-0.25, -0.2) is 14.2 Å². The number of nitrogens with zero attached hydrogens (tertiary/aromatic N) is 3. The molecule has 2 aromatic heterocycles. The Morgan fingerprint density at radius 1 is 1.57 bits per heavy atom. The predicted octanol–water partition coefficient (Wildman–Crippen LogP) is 0.791. The van der Waals surface area contributed by atoms with Gasteiger partial charge >= 0.3 is 5.97 Å². The standard InChI is InChI=1S/C15H17FN4O3/c1-2-19-7-10(15(22)23)12(21)9-5-11(16)14(18-13(9)19)20-4-3-8(20)6-17/h5,7-8H,2-4,6,17H2,1H3,(H,22,23). The minimum Gasteiger partial charge on any atom is -0.477 e. The highest BCUT2D eigenvalue weighted by atomic mass is 19.1. The summed E-state index contributed by atoms with van der Waals surface area (Å²) in [5.41, 5.74) is 4.81. The zero-order chi connectivity index (χ0) is 16.7. The van der Waals surface area contributed by atoms with Gasteiger partial charge < -0.3 is 20.3 Å². The van der Waals surface area contributed by atoms with Crippen LogP contribution in [0.3, 0.4) is 0 Å². The van der Waals surface area contributed by atoms with Gasteiger partial charge in [-0.15, -0.1) is 0 Å². The molecule has 1 atom stereocenters. The van der Waals surface area contributed by atoms with Crippen molar-refractivity contribution in [1.29, 1.82) is 0 Å². The zero-order valence-electron chi connectivity index (χ0n) is 12.6. The quantitative estimate of drug-likeness (QED) is 0.864. The second kappa shape index (κ2) is 5.62. The van der Waals surface area contributed by atoms with E-state index >= 15 is 0 Å². The van der Waals surface area contributed by atoms with Crippen molar-refractivity contribution in [1.82, 2.24) is 9.55 Å². The minimum absolute atomic E-state index is 0.0298. The average molecular weight is 320 g/mol. The van der Waals surface area contributed by atoms with Crippen molar-refractivity contribution >= 4 is 22.8 Å². The van der Waals surface area contributed by atoms with Crippen molar-refractivity contribution in [3.8, 4) is 0 Å². The SMILES string of the molecule is CCn1cc(C(=O)O)c(=O)c2cc(F)c(N3CCC3CN)nc21. The van der Waals surface area contributed by atoms with Crippen LogP contribution in [0.25, 0.3) is 11.0 Å². The number of aryl methyl sites for hydroxylation is 1. The maximum absolute atomic E-state index is 14.4. The number of nitrogens with two attached hydrogens (primary N) is 1. The van der Waals surface area contributed by atoms with Crippen LogP contribution in [-0.4, -0.2) is 39.8 Å². The molecule has 23 heavy (non-hydrogen) atoms. The number of anilines is 1. The molecule has 8 heteroatoms. The fraction of sp³-hybridized carbons (Fsp3) is 0.400. The molecular weight excluding hydrogens is 303 g/mol. The van der Waals surface area contributed by atoms with E-state index < -0.39 is 22.8 Å². The summed E-state index contributed by atoms with van der Waals surface area (Å²) in [6, 6.07) is 1.11. The lowest BCUT2D eigenvalue weighted by Crippen LogP contribution is -2.52. The molecule has 0 saturated carbocycles. The molecule has 3 rings (SSSR count). The van der Waals surface area contributed by atoms with Gasteiger partial charge in [0, 0.05) is 31.9 Å². The van der Waals surface area contributed by atoms with Gasteiger partial charge in [-0.1, -0.05) is 0 Å². The van der Waals surface area contributed by atoms with Crippen molar-refractivity contribution < 1.29 is 14.3 Å². The number of aromatic carboxylic acids is 1. The van der Waals surface area contributed by atoms with Gasteiger partial charge in [0.05, 0.1) is 5.39 Å². The zero-order valence-corrected chi connectivity index (χ0v) is 12.6. The molecule has 2 aromatic rings. The van der Waals surface area contributed by atoms with Crippen molar-refractivity contribution in [3.63, 3.8) is 0 Å². The third-order valence-electron chi connectivity index (χ3n) is 4.24. The van der Waals surface area contributed by atoms with Crippen LogP contribution in [0.5, 0.6) is 0 Å². The number of carboxylic acids is 1. The molecule has 1 aliphatic heterocycles. The molecule has 0 amide bonds. The Labute approximate surface area is 131 Å². The van der Waals surface area contributed by atoms with E-state index in [1.165, 1.54) is 6.20 Å². The van der Waals surface area contributed by atoms with Crippen molar-refractivity contribution in [2.24, 2.45) is 5.73 Å². The van der Waals surface area contributed by atoms with Gasteiger partial charge in [-0.3, -0.25) is 4.79 Å². The molecule has 0 aliphatic carbocycles. The van der Waals surface area contributed by atoms with Gasteiger partial charge in [0.15, 0.2) is 11.6 Å². The van der Waals surface area contributed by atoms with Gasteiger partial charge in [-0.2, -0.15) is 0 Å². The maximum Gasteiger partial charge on any atom is 0.341 e. The molecule has 122 valence electrons. The molecular formula is C15H17FN4O3. The average Bonchev–Trinajstić information content (AvgIpc) is 2.48. The summed E-state index contributed by atoms with van der Waals surface area (Å²) in [5, 5.41) is 9.09. The molecule has 3 heterocycles. The number of halogens is 1. The molecule has 3 N–H and O–H groups in total. The van der Waals surface area contributed by atoms with E-state index in [0.29, 0.717) is 19.6 Å². The van der Waals surface area contributed by atoms with Crippen LogP contribution in [0.4, 0.5) is 10.2 Å². The van der Waals surface area contributed by atoms with E-state index in [-0.39, 0.29) is 22.9 Å². The fourth-order valence-electron chi connectivity index (χ4n) is 2.84. The van der Waals surface area contributed by atoms with Crippen LogP contribution in [0.15, 0.2) is 17.1 Å². The highest BCUT2D eigenvalue weighted by molar-refractivity contribution is 5.92. The third-order valence-corrected chi connectivity index (χ3v) is 4.24. The van der Waals surface area contributed by atoms with Gasteiger partial charge in [0.25, 0.3) is 0 Å². The lowest BCUT2D eigenvalue weighted by Gasteiger charge is -2.41. The summed E-state index contributed by atoms with van der Waals surface area (Å²) in [4.78, 5) is 29.5. The van der Waals surface area contributed by atoms with E-state index in [9.17, 15) is 14.0 Å². The molecule has 1 saturated heterocycles. The lowest BCUT2D eigenvalue weighted by atomic mass is 10.0. The first-order chi connectivity index (χ1) is 11.0. The summed E-state index contributed by atoms with van der Waals surface area (Å²) in [5.74, 6) is -1.82. The summed E-state index contributed by atoms with van der Waals surface area (Å²) in [7, 11) is 0. The third kappa shape index (κ3) is 2.35. The topological polar surface area (TPSA) is 101 Å². The normalized spacial score (nSPS) is 17.3. The van der Waals surface area contributed by atoms with Crippen molar-refractivity contribution in [2.45, 2.75) is 25.9 Å². The highest BCUT2D eigenvalue weighted by Gasteiger charge is 2.30. The summed E-state index contributed by atoms with van der Waals surface area (Å²) in [6.07, 6.45) is 2.12. The largest absolute Gasteiger partial charge is 0.477 e. The Balaban J connectivity index is 2.25. The van der Waals surface area contributed by atoms with Gasteiger partial charge in [0.2, 0.25) is 5.43 Å². The minimum atomic E-state index is -1.34. The second-order valence-electron chi connectivity index (χ2n) is 5.50. The molecule has 1 aliphatic rings. The number of carbonyl (C=O) groups is 1. The number of pyridine rings is 2. The van der Waals surface area contributed by atoms with E-state index in [1.54, 1.807) is 16.4 Å². The first-order valence-electron chi connectivity index (χ1n) is 7.41. The van der Waals surface area contributed by atoms with Crippen molar-refractivity contribution in [3.05, 3.63) is 33.9 Å². The first-order valence-corrected chi connectivity index (χ1v) is 7.41. The smallest absolute Gasteiger partial charge is 0.341 e. The highest BCUT2D eigenvalue weighted by Crippen LogP contribution is 2.28. The van der Waals surface area contributed by atoms with Gasteiger partial charge in [0.1, 0.15) is 11.2 Å². The summed E-state index contributed by atoms with van der Waals surface area (Å²) < 4.78 is 16.0. The number of hydrogen-bond acceptors (Lipinski definition) is 5. The van der Waals surface area contributed by atoms with Gasteiger partial charge in [-0.05, 0) is 19.4 Å². The Morgan fingerprint density at radius 2 is 2.30 bits per heavy atom. The van der Waals surface area contributed by atoms with Crippen molar-refractivity contribution in [2.75, 3.05) is 18.0 Å². The van der Waals surface area contributed by atoms with Crippen LogP contribution in [0, 0.1) is 5.82 Å². The Morgan fingerprint density at radius 3 is 2.83 bits per heavy atom. The Hall–Kier alpha value is -2.48. The number of fused-ring (bicyclic) bond motifs is 1. The number of aromatic nitrogens is 2. The molecule has 0 aromatic carbocycles. The molecule has 0 radical (unpaired) electrons. The Kier molecular flexibility index (Phi) is 3.77. The first kappa shape index (κ1) is 15.4. The molecule has 7 nitrogen and oxygen atoms in total. The lowest BCUT2D eigenvalue weighted by molar-refractivity contribution is 0.0695. The Bertz CT molecular complexity index is 847. The monoisotopic (exact) mass is 320 g/mol. The van der Waals surface area contributed by atoms with Crippen LogP contribution in [-0.2, 0) is 6.54 Å².